The second kappa shape index (κ2) is 10.1. The molecule has 0 spiro atoms. The van der Waals surface area contributed by atoms with E-state index >= 15 is 0 Å². The normalized spacial score (nSPS) is 15.6. The molecule has 1 aromatic heterocycles. The van der Waals surface area contributed by atoms with Crippen LogP contribution in [0.3, 0.4) is 0 Å². The first-order chi connectivity index (χ1) is 14.5. The predicted octanol–water partition coefficient (Wildman–Crippen LogP) is 4.63. The highest BCUT2D eigenvalue weighted by Gasteiger charge is 2.33. The lowest BCUT2D eigenvalue weighted by Crippen LogP contribution is -2.33. The molecule has 0 aliphatic carbocycles. The van der Waals surface area contributed by atoms with Crippen LogP contribution in [0, 0.1) is 0 Å². The van der Waals surface area contributed by atoms with Gasteiger partial charge in [-0.05, 0) is 43.5 Å². The van der Waals surface area contributed by atoms with Gasteiger partial charge in [-0.25, -0.2) is 0 Å². The van der Waals surface area contributed by atoms with Gasteiger partial charge in [-0.2, -0.15) is 0 Å². The number of hydrogen-bond donors (Lipinski definition) is 0. The number of thiophene rings is 1. The topological polar surface area (TPSA) is 65.1 Å². The minimum atomic E-state index is -0.508. The summed E-state index contributed by atoms with van der Waals surface area (Å²) in [5.41, 5.74) is 0. The highest BCUT2D eigenvalue weighted by atomic mass is 32.2. The summed E-state index contributed by atoms with van der Waals surface area (Å²) in [5, 5.41) is 1.07. The van der Waals surface area contributed by atoms with E-state index in [0.717, 1.165) is 26.5 Å². The van der Waals surface area contributed by atoms with Gasteiger partial charge in [0.2, 0.25) is 0 Å². The summed E-state index contributed by atoms with van der Waals surface area (Å²) in [7, 11) is 1.28. The monoisotopic (exact) mass is 463 g/mol. The van der Waals surface area contributed by atoms with Gasteiger partial charge < -0.3 is 14.2 Å². The molecule has 1 aliphatic heterocycles. The number of hydrogen-bond acceptors (Lipinski definition) is 8. The first-order valence-corrected chi connectivity index (χ1v) is 11.3. The summed E-state index contributed by atoms with van der Waals surface area (Å²) >= 11 is 7.98. The minimum absolute atomic E-state index is 0.178. The van der Waals surface area contributed by atoms with E-state index in [1.807, 2.05) is 38.1 Å². The van der Waals surface area contributed by atoms with E-state index < -0.39 is 5.97 Å². The van der Waals surface area contributed by atoms with Crippen molar-refractivity contribution in [2.75, 3.05) is 26.9 Å². The number of allylic oxidation sites excluding steroid dienone is 2. The fourth-order valence-corrected chi connectivity index (χ4v) is 4.96. The summed E-state index contributed by atoms with van der Waals surface area (Å²) in [6.07, 6.45) is 5.44. The van der Waals surface area contributed by atoms with Crippen LogP contribution in [-0.4, -0.2) is 48.0 Å². The van der Waals surface area contributed by atoms with Crippen LogP contribution in [0.4, 0.5) is 0 Å². The number of amides is 1. The molecule has 0 bridgehead atoms. The molecule has 1 aromatic carbocycles. The van der Waals surface area contributed by atoms with Gasteiger partial charge >= 0.3 is 5.97 Å². The van der Waals surface area contributed by atoms with E-state index in [1.54, 1.807) is 17.4 Å². The van der Waals surface area contributed by atoms with Crippen LogP contribution >= 0.6 is 35.3 Å². The maximum Gasteiger partial charge on any atom is 0.325 e. The Balaban J connectivity index is 1.78. The zero-order chi connectivity index (χ0) is 21.7. The Labute approximate surface area is 188 Å². The van der Waals surface area contributed by atoms with Crippen LogP contribution in [0.2, 0.25) is 0 Å². The molecule has 3 rings (SSSR count). The Hall–Kier alpha value is -2.36. The zero-order valence-corrected chi connectivity index (χ0v) is 19.2. The van der Waals surface area contributed by atoms with Gasteiger partial charge in [-0.3, -0.25) is 14.5 Å². The highest BCUT2D eigenvalue weighted by Crippen LogP contribution is 2.37. The van der Waals surface area contributed by atoms with Crippen molar-refractivity contribution < 1.29 is 23.8 Å². The molecule has 6 nitrogen and oxygen atoms in total. The fourth-order valence-electron chi connectivity index (χ4n) is 2.76. The Morgan fingerprint density at radius 1 is 1.17 bits per heavy atom. The van der Waals surface area contributed by atoms with Gasteiger partial charge in [0.05, 0.1) is 25.2 Å². The number of esters is 1. The molecule has 1 aliphatic rings. The quantitative estimate of drug-likeness (QED) is 0.321. The summed E-state index contributed by atoms with van der Waals surface area (Å²) in [5.74, 6) is 0.665. The molecule has 9 heteroatoms. The maximum absolute atomic E-state index is 12.4. The number of nitrogens with zero attached hydrogens (tertiary/aromatic N) is 1. The maximum atomic E-state index is 12.4. The summed E-state index contributed by atoms with van der Waals surface area (Å²) < 4.78 is 17.4. The van der Waals surface area contributed by atoms with Crippen LogP contribution in [0.15, 0.2) is 35.3 Å². The molecular formula is C21H21NO5S3. The molecule has 158 valence electrons. The van der Waals surface area contributed by atoms with Crippen molar-refractivity contribution in [3.05, 3.63) is 40.1 Å². The first kappa shape index (κ1) is 22.3. The molecule has 1 saturated heterocycles. The number of methoxy groups -OCH3 is 1. The Bertz CT molecular complexity index is 998. The van der Waals surface area contributed by atoms with E-state index in [2.05, 4.69) is 10.8 Å². The Kier molecular flexibility index (Phi) is 7.52. The first-order valence-electron chi connectivity index (χ1n) is 9.28. The van der Waals surface area contributed by atoms with Crippen molar-refractivity contribution in [2.24, 2.45) is 0 Å². The number of carbonyl (C=O) groups excluding carboxylic acids is 2. The molecule has 1 amide bonds. The number of thioether (sulfide) groups is 1. The Morgan fingerprint density at radius 2 is 1.87 bits per heavy atom. The third kappa shape index (κ3) is 5.03. The Morgan fingerprint density at radius 3 is 2.53 bits per heavy atom. The standard InChI is InChI=1S/C21H21NO5S3/c1-4-26-15-10-13-9-14(29-18(13)11-16(15)27-5-2)7-6-8-17-20(24)22(21(28)30-17)12-19(23)25-3/h6-11H,4-5,12H2,1-3H3. The van der Waals surface area contributed by atoms with Crippen molar-refractivity contribution >= 4 is 67.7 Å². The largest absolute Gasteiger partial charge is 0.490 e. The average molecular weight is 464 g/mol. The van der Waals surface area contributed by atoms with Crippen molar-refractivity contribution in [3.63, 3.8) is 0 Å². The molecule has 0 unspecified atom stereocenters. The van der Waals surface area contributed by atoms with Gasteiger partial charge in [0, 0.05) is 15.6 Å². The van der Waals surface area contributed by atoms with Crippen molar-refractivity contribution in [2.45, 2.75) is 13.8 Å². The molecule has 1 fully saturated rings. The summed E-state index contributed by atoms with van der Waals surface area (Å²) in [6, 6.07) is 6.03. The van der Waals surface area contributed by atoms with Crippen LogP contribution in [-0.2, 0) is 14.3 Å². The van der Waals surface area contributed by atoms with E-state index in [4.69, 9.17) is 21.7 Å². The van der Waals surface area contributed by atoms with Crippen molar-refractivity contribution in [3.8, 4) is 11.5 Å². The lowest BCUT2D eigenvalue weighted by molar-refractivity contribution is -0.143. The van der Waals surface area contributed by atoms with E-state index in [9.17, 15) is 9.59 Å². The van der Waals surface area contributed by atoms with Crippen LogP contribution in [0.5, 0.6) is 11.5 Å². The molecule has 30 heavy (non-hydrogen) atoms. The number of fused-ring (bicyclic) bond motifs is 1. The fraction of sp³-hybridized carbons (Fsp3) is 0.286. The van der Waals surface area contributed by atoms with E-state index in [0.29, 0.717) is 22.4 Å². The number of carbonyl (C=O) groups is 2. The summed E-state index contributed by atoms with van der Waals surface area (Å²) in [4.78, 5) is 26.6. The minimum Gasteiger partial charge on any atom is -0.490 e. The molecule has 0 radical (unpaired) electrons. The van der Waals surface area contributed by atoms with Crippen LogP contribution in [0.25, 0.3) is 16.2 Å². The lowest BCUT2D eigenvalue weighted by atomic mass is 10.2. The van der Waals surface area contributed by atoms with Crippen LogP contribution < -0.4 is 9.47 Å². The third-order valence-electron chi connectivity index (χ3n) is 4.10. The lowest BCUT2D eigenvalue weighted by Gasteiger charge is -2.11. The highest BCUT2D eigenvalue weighted by molar-refractivity contribution is 8.26. The average Bonchev–Trinajstić information content (AvgIpc) is 3.23. The second-order valence-electron chi connectivity index (χ2n) is 6.08. The van der Waals surface area contributed by atoms with Crippen molar-refractivity contribution in [1.82, 2.24) is 4.90 Å². The molecule has 0 saturated carbocycles. The van der Waals surface area contributed by atoms with Gasteiger partial charge in [0.25, 0.3) is 5.91 Å². The SMILES string of the molecule is CCOc1cc2cc(C=CC=C3SC(=S)N(CC(=O)OC)C3=O)sc2cc1OCC. The third-order valence-corrected chi connectivity index (χ3v) is 6.56. The van der Waals surface area contributed by atoms with Gasteiger partial charge in [-0.1, -0.05) is 30.1 Å². The molecular weight excluding hydrogens is 442 g/mol. The molecule has 0 atom stereocenters. The molecule has 2 heterocycles. The number of thiocarbonyl (C=S) groups is 1. The smallest absolute Gasteiger partial charge is 0.325 e. The predicted molar refractivity (Wildman–Crippen MR) is 125 cm³/mol. The van der Waals surface area contributed by atoms with E-state index in [-0.39, 0.29) is 12.5 Å². The number of benzene rings is 1. The number of rotatable bonds is 8. The zero-order valence-electron chi connectivity index (χ0n) is 16.8. The molecule has 2 aromatic rings. The van der Waals surface area contributed by atoms with Gasteiger partial charge in [-0.15, -0.1) is 11.3 Å². The molecule has 0 N–H and O–H groups in total. The van der Waals surface area contributed by atoms with E-state index in [1.165, 1.54) is 23.8 Å². The van der Waals surface area contributed by atoms with Gasteiger partial charge in [0.15, 0.2) is 11.5 Å². The van der Waals surface area contributed by atoms with Crippen LogP contribution in [0.1, 0.15) is 18.7 Å². The second-order valence-corrected chi connectivity index (χ2v) is 8.87. The van der Waals surface area contributed by atoms with Crippen molar-refractivity contribution in [1.29, 1.82) is 0 Å². The van der Waals surface area contributed by atoms with Gasteiger partial charge in [0.1, 0.15) is 10.9 Å². The number of ether oxygens (including phenoxy) is 3. The summed E-state index contributed by atoms with van der Waals surface area (Å²) in [6.45, 7) is 4.84.